The van der Waals surface area contributed by atoms with Crippen LogP contribution in [0.3, 0.4) is 0 Å². The van der Waals surface area contributed by atoms with Gasteiger partial charge in [-0.05, 0) is 37.8 Å². The largest absolute Gasteiger partial charge is 0.462 e. The van der Waals surface area contributed by atoms with Gasteiger partial charge in [-0.15, -0.1) is 0 Å². The normalized spacial score (nSPS) is 37.0. The molecule has 1 saturated heterocycles. The fourth-order valence-electron chi connectivity index (χ4n) is 4.23. The van der Waals surface area contributed by atoms with Crippen molar-refractivity contribution in [2.24, 2.45) is 23.7 Å². The standard InChI is InChI=1S/C16H17NO3/c1-8-2-4-10(5-3-8)17-15(18)13-9-6-11-12(7-9)20-16(19)14(11)13/h2-5,9,11-14H,6-7H2,1H3,(H,17,18)/t9-,11-,12-,13-,14+/m1/s1. The van der Waals surface area contributed by atoms with Crippen molar-refractivity contribution in [3.8, 4) is 0 Å². The van der Waals surface area contributed by atoms with E-state index in [9.17, 15) is 9.59 Å². The lowest BCUT2D eigenvalue weighted by molar-refractivity contribution is -0.145. The van der Waals surface area contributed by atoms with E-state index in [1.165, 1.54) is 0 Å². The van der Waals surface area contributed by atoms with Crippen molar-refractivity contribution >= 4 is 17.6 Å². The zero-order valence-corrected chi connectivity index (χ0v) is 11.3. The second-order valence-electron chi connectivity index (χ2n) is 6.28. The fraction of sp³-hybridized carbons (Fsp3) is 0.500. The summed E-state index contributed by atoms with van der Waals surface area (Å²) in [4.78, 5) is 24.4. The van der Waals surface area contributed by atoms with Crippen molar-refractivity contribution in [1.29, 1.82) is 0 Å². The molecule has 2 aliphatic carbocycles. The third-order valence-electron chi connectivity index (χ3n) is 5.11. The zero-order valence-electron chi connectivity index (χ0n) is 11.3. The Labute approximate surface area is 117 Å². The Bertz CT molecular complexity index is 578. The minimum Gasteiger partial charge on any atom is -0.462 e. The summed E-state index contributed by atoms with van der Waals surface area (Å²) in [6.07, 6.45) is 1.91. The number of benzene rings is 1. The number of nitrogens with one attached hydrogen (secondary N) is 1. The van der Waals surface area contributed by atoms with Gasteiger partial charge in [0.1, 0.15) is 6.10 Å². The molecule has 1 aromatic rings. The summed E-state index contributed by atoms with van der Waals surface area (Å²) in [6, 6.07) is 7.74. The summed E-state index contributed by atoms with van der Waals surface area (Å²) in [7, 11) is 0. The predicted octanol–water partition coefficient (Wildman–Crippen LogP) is 2.13. The molecular weight excluding hydrogens is 254 g/mol. The Morgan fingerprint density at radius 1 is 1.25 bits per heavy atom. The molecule has 1 aromatic carbocycles. The van der Waals surface area contributed by atoms with Crippen LogP contribution in [0.15, 0.2) is 24.3 Å². The van der Waals surface area contributed by atoms with Gasteiger partial charge in [0.15, 0.2) is 0 Å². The highest BCUT2D eigenvalue weighted by Gasteiger charge is 2.63. The summed E-state index contributed by atoms with van der Waals surface area (Å²) in [5.74, 6) is -0.00220. The van der Waals surface area contributed by atoms with Crippen LogP contribution in [0, 0.1) is 30.6 Å². The van der Waals surface area contributed by atoms with Crippen molar-refractivity contribution in [3.05, 3.63) is 29.8 Å². The summed E-state index contributed by atoms with van der Waals surface area (Å²) in [5, 5.41) is 2.95. The van der Waals surface area contributed by atoms with Crippen LogP contribution in [0.5, 0.6) is 0 Å². The molecule has 104 valence electrons. The number of hydrogen-bond donors (Lipinski definition) is 1. The monoisotopic (exact) mass is 271 g/mol. The van der Waals surface area contributed by atoms with Gasteiger partial charge in [0, 0.05) is 11.6 Å². The molecule has 1 aliphatic heterocycles. The molecule has 0 aromatic heterocycles. The number of carbonyl (C=O) groups is 2. The van der Waals surface area contributed by atoms with Crippen LogP contribution in [-0.4, -0.2) is 18.0 Å². The highest BCUT2D eigenvalue weighted by molar-refractivity contribution is 5.96. The van der Waals surface area contributed by atoms with Gasteiger partial charge < -0.3 is 10.1 Å². The zero-order chi connectivity index (χ0) is 13.9. The van der Waals surface area contributed by atoms with Gasteiger partial charge in [-0.3, -0.25) is 9.59 Å². The van der Waals surface area contributed by atoms with E-state index in [-0.39, 0.29) is 35.7 Å². The van der Waals surface area contributed by atoms with Crippen molar-refractivity contribution in [1.82, 2.24) is 0 Å². The maximum atomic E-state index is 12.5. The summed E-state index contributed by atoms with van der Waals surface area (Å²) in [5.41, 5.74) is 1.96. The number of amides is 1. The van der Waals surface area contributed by atoms with Crippen LogP contribution in [0.4, 0.5) is 5.69 Å². The lowest BCUT2D eigenvalue weighted by Crippen LogP contribution is -2.35. The first-order valence-electron chi connectivity index (χ1n) is 7.21. The first-order valence-corrected chi connectivity index (χ1v) is 7.21. The lowest BCUT2D eigenvalue weighted by atomic mass is 9.79. The number of esters is 1. The van der Waals surface area contributed by atoms with Crippen molar-refractivity contribution in [2.45, 2.75) is 25.9 Å². The first kappa shape index (κ1) is 11.9. The number of carbonyl (C=O) groups excluding carboxylic acids is 2. The number of hydrogen-bond acceptors (Lipinski definition) is 3. The topological polar surface area (TPSA) is 55.4 Å². The fourth-order valence-corrected chi connectivity index (χ4v) is 4.23. The molecule has 0 radical (unpaired) electrons. The molecular formula is C16H17NO3. The molecule has 0 spiro atoms. The van der Waals surface area contributed by atoms with Gasteiger partial charge in [0.2, 0.25) is 5.91 Å². The molecule has 2 bridgehead atoms. The van der Waals surface area contributed by atoms with E-state index >= 15 is 0 Å². The molecule has 4 rings (SSSR count). The van der Waals surface area contributed by atoms with Crippen molar-refractivity contribution < 1.29 is 14.3 Å². The van der Waals surface area contributed by atoms with E-state index < -0.39 is 0 Å². The average molecular weight is 271 g/mol. The lowest BCUT2D eigenvalue weighted by Gasteiger charge is -2.23. The molecule has 1 heterocycles. The van der Waals surface area contributed by atoms with Crippen LogP contribution in [0.2, 0.25) is 0 Å². The highest BCUT2D eigenvalue weighted by atomic mass is 16.6. The number of fused-ring (bicyclic) bond motifs is 1. The third-order valence-corrected chi connectivity index (χ3v) is 5.11. The molecule has 4 heteroatoms. The minimum absolute atomic E-state index is 0.0244. The van der Waals surface area contributed by atoms with E-state index in [0.717, 1.165) is 24.1 Å². The van der Waals surface area contributed by atoms with Gasteiger partial charge in [-0.2, -0.15) is 0 Å². The van der Waals surface area contributed by atoms with Gasteiger partial charge >= 0.3 is 5.97 Å². The molecule has 4 nitrogen and oxygen atoms in total. The molecule has 20 heavy (non-hydrogen) atoms. The minimum atomic E-state index is -0.204. The highest BCUT2D eigenvalue weighted by Crippen LogP contribution is 2.57. The van der Waals surface area contributed by atoms with Crippen LogP contribution in [-0.2, 0) is 14.3 Å². The van der Waals surface area contributed by atoms with E-state index in [4.69, 9.17) is 4.74 Å². The molecule has 3 aliphatic rings. The maximum Gasteiger partial charge on any atom is 0.310 e. The average Bonchev–Trinajstić information content (AvgIpc) is 3.02. The number of anilines is 1. The first-order chi connectivity index (χ1) is 9.63. The van der Waals surface area contributed by atoms with Gasteiger partial charge in [0.25, 0.3) is 0 Å². The Hall–Kier alpha value is -1.84. The Morgan fingerprint density at radius 3 is 2.75 bits per heavy atom. The van der Waals surface area contributed by atoms with Crippen LogP contribution >= 0.6 is 0 Å². The smallest absolute Gasteiger partial charge is 0.310 e. The molecule has 1 amide bonds. The van der Waals surface area contributed by atoms with Crippen LogP contribution in [0.25, 0.3) is 0 Å². The van der Waals surface area contributed by atoms with E-state index in [2.05, 4.69) is 5.32 Å². The summed E-state index contributed by atoms with van der Waals surface area (Å²) < 4.78 is 5.37. The maximum absolute atomic E-state index is 12.5. The SMILES string of the molecule is Cc1ccc(NC(=O)[C@@H]2[C@@H]3C[C@H]4[C@@H]2C(=O)O[C@@H]4C3)cc1. The molecule has 3 fully saturated rings. The van der Waals surface area contributed by atoms with Gasteiger partial charge in [-0.1, -0.05) is 17.7 Å². The molecule has 1 N–H and O–H groups in total. The van der Waals surface area contributed by atoms with E-state index in [1.54, 1.807) is 0 Å². The van der Waals surface area contributed by atoms with Crippen LogP contribution < -0.4 is 5.32 Å². The molecule has 0 unspecified atom stereocenters. The van der Waals surface area contributed by atoms with Crippen molar-refractivity contribution in [2.75, 3.05) is 5.32 Å². The van der Waals surface area contributed by atoms with E-state index in [0.29, 0.717) is 5.92 Å². The second-order valence-corrected chi connectivity index (χ2v) is 6.28. The van der Waals surface area contributed by atoms with Crippen molar-refractivity contribution in [3.63, 3.8) is 0 Å². The number of ether oxygens (including phenoxy) is 1. The predicted molar refractivity (Wildman–Crippen MR) is 72.9 cm³/mol. The Kier molecular flexibility index (Phi) is 2.43. The van der Waals surface area contributed by atoms with Crippen LogP contribution in [0.1, 0.15) is 18.4 Å². The summed E-state index contributed by atoms with van der Waals surface area (Å²) in [6.45, 7) is 2.01. The Balaban J connectivity index is 1.54. The van der Waals surface area contributed by atoms with E-state index in [1.807, 2.05) is 31.2 Å². The molecule has 2 saturated carbocycles. The third kappa shape index (κ3) is 1.60. The second kappa shape index (κ2) is 4.08. The number of aryl methyl sites for hydroxylation is 1. The molecule has 5 atom stereocenters. The Morgan fingerprint density at radius 2 is 2.00 bits per heavy atom. The quantitative estimate of drug-likeness (QED) is 0.838. The number of rotatable bonds is 2. The van der Waals surface area contributed by atoms with Gasteiger partial charge in [0.05, 0.1) is 11.8 Å². The van der Waals surface area contributed by atoms with Gasteiger partial charge in [-0.25, -0.2) is 0 Å². The summed E-state index contributed by atoms with van der Waals surface area (Å²) >= 11 is 0.